The number of imidazole rings is 1. The van der Waals surface area contributed by atoms with Crippen LogP contribution >= 0.6 is 0 Å². The quantitative estimate of drug-likeness (QED) is 0.704. The second-order valence-corrected chi connectivity index (χ2v) is 9.47. The maximum Gasteiger partial charge on any atom is 0.202 e. The Bertz CT molecular complexity index is 1050. The average Bonchev–Trinajstić information content (AvgIpc) is 3.24. The molecule has 1 aromatic heterocycles. The number of nitrogens with one attached hydrogen (secondary N) is 1. The lowest BCUT2D eigenvalue weighted by Gasteiger charge is -2.34. The smallest absolute Gasteiger partial charge is 0.202 e. The highest BCUT2D eigenvalue weighted by atomic mass is 16.5. The Hall–Kier alpha value is -2.75. The number of H-pyrrole nitrogens is 1. The summed E-state index contributed by atoms with van der Waals surface area (Å²) >= 11 is 0. The molecule has 1 aromatic carbocycles. The molecule has 0 radical (unpaired) electrons. The number of aliphatic hydroxyl groups is 1. The van der Waals surface area contributed by atoms with Crippen molar-refractivity contribution in [2.24, 2.45) is 5.41 Å². The van der Waals surface area contributed by atoms with Gasteiger partial charge in [-0.3, -0.25) is 4.79 Å². The van der Waals surface area contributed by atoms with E-state index in [1.165, 1.54) is 11.8 Å². The van der Waals surface area contributed by atoms with Crippen LogP contribution in [-0.2, 0) is 16.8 Å². The summed E-state index contributed by atoms with van der Waals surface area (Å²) in [5.74, 6) is 0.0467. The number of rotatable bonds is 5. The fraction of sp³-hybridized carbons (Fsp3) is 0.480. The van der Waals surface area contributed by atoms with Gasteiger partial charge in [0.25, 0.3) is 0 Å². The monoisotopic (exact) mass is 419 g/mol. The number of allylic oxidation sites excluding steroid dienone is 2. The van der Waals surface area contributed by atoms with Gasteiger partial charge in [-0.15, -0.1) is 0 Å². The molecular formula is C25H29N3O3. The topological polar surface area (TPSA) is 99.0 Å². The van der Waals surface area contributed by atoms with E-state index in [0.717, 1.165) is 36.0 Å². The van der Waals surface area contributed by atoms with Crippen LogP contribution in [-0.4, -0.2) is 34.1 Å². The van der Waals surface area contributed by atoms with Gasteiger partial charge in [-0.1, -0.05) is 32.1 Å². The molecule has 1 aliphatic carbocycles. The second-order valence-electron chi connectivity index (χ2n) is 9.47. The number of Topliss-reactive ketones (excluding diaryl/α,β-unsaturated/α-hetero) is 1. The first-order valence-corrected chi connectivity index (χ1v) is 10.9. The fourth-order valence-electron chi connectivity index (χ4n) is 4.41. The highest BCUT2D eigenvalue weighted by Crippen LogP contribution is 2.41. The highest BCUT2D eigenvalue weighted by Gasteiger charge is 2.33. The summed E-state index contributed by atoms with van der Waals surface area (Å²) in [7, 11) is 0. The molecule has 0 atom stereocenters. The Morgan fingerprint density at radius 2 is 2.06 bits per heavy atom. The number of ketones is 1. The molecular weight excluding hydrogens is 390 g/mol. The van der Waals surface area contributed by atoms with Gasteiger partial charge in [-0.25, -0.2) is 4.98 Å². The van der Waals surface area contributed by atoms with E-state index in [0.29, 0.717) is 26.1 Å². The van der Waals surface area contributed by atoms with Gasteiger partial charge in [0, 0.05) is 32.5 Å². The molecule has 2 N–H and O–H groups in total. The molecule has 4 rings (SSSR count). The molecule has 2 heterocycles. The van der Waals surface area contributed by atoms with Crippen LogP contribution in [0.3, 0.4) is 0 Å². The standard InChI is InChI=1S/C25H29N3O3/c1-24(2)7-5-17(6-8-24)21-14-19(25(30)9-11-31-12-10-25)4-3-18(21)13-22(29)23-27-16-20(15-26)28-23/h3-5,14,16,30H,6-13H2,1-2H3,(H,27,28). The van der Waals surface area contributed by atoms with E-state index in [2.05, 4.69) is 36.0 Å². The van der Waals surface area contributed by atoms with Crippen molar-refractivity contribution in [3.8, 4) is 6.07 Å². The summed E-state index contributed by atoms with van der Waals surface area (Å²) in [5.41, 5.74) is 3.73. The van der Waals surface area contributed by atoms with Crippen molar-refractivity contribution in [3.63, 3.8) is 0 Å². The molecule has 0 saturated carbocycles. The molecule has 1 saturated heterocycles. The van der Waals surface area contributed by atoms with Gasteiger partial charge in [-0.2, -0.15) is 5.26 Å². The lowest BCUT2D eigenvalue weighted by atomic mass is 9.75. The predicted octanol–water partition coefficient (Wildman–Crippen LogP) is 4.30. The number of ether oxygens (including phenoxy) is 1. The Kier molecular flexibility index (Phi) is 5.83. The third-order valence-electron chi connectivity index (χ3n) is 6.60. The first-order valence-electron chi connectivity index (χ1n) is 10.9. The molecule has 31 heavy (non-hydrogen) atoms. The van der Waals surface area contributed by atoms with Gasteiger partial charge >= 0.3 is 0 Å². The number of hydrogen-bond acceptors (Lipinski definition) is 5. The Balaban J connectivity index is 1.69. The average molecular weight is 420 g/mol. The number of aromatic nitrogens is 2. The van der Waals surface area contributed by atoms with Crippen LogP contribution in [0.2, 0.25) is 0 Å². The summed E-state index contributed by atoms with van der Waals surface area (Å²) in [5, 5.41) is 20.2. The number of aromatic amines is 1. The molecule has 2 aromatic rings. The van der Waals surface area contributed by atoms with E-state index in [-0.39, 0.29) is 29.1 Å². The molecule has 0 bridgehead atoms. The van der Waals surface area contributed by atoms with Crippen LogP contribution in [0.25, 0.3) is 5.57 Å². The van der Waals surface area contributed by atoms with Gasteiger partial charge in [-0.05, 0) is 53.0 Å². The lowest BCUT2D eigenvalue weighted by molar-refractivity contribution is -0.0679. The zero-order valence-electron chi connectivity index (χ0n) is 18.2. The van der Waals surface area contributed by atoms with E-state index >= 15 is 0 Å². The van der Waals surface area contributed by atoms with Crippen LogP contribution in [0, 0.1) is 16.7 Å². The van der Waals surface area contributed by atoms with E-state index in [9.17, 15) is 9.90 Å². The van der Waals surface area contributed by atoms with Crippen LogP contribution < -0.4 is 0 Å². The molecule has 1 aliphatic heterocycles. The molecule has 0 unspecified atom stereocenters. The molecule has 1 fully saturated rings. The van der Waals surface area contributed by atoms with Crippen LogP contribution in [0.15, 0.2) is 30.5 Å². The van der Waals surface area contributed by atoms with Gasteiger partial charge in [0.2, 0.25) is 5.78 Å². The highest BCUT2D eigenvalue weighted by molar-refractivity contribution is 5.95. The molecule has 6 heteroatoms. The largest absolute Gasteiger partial charge is 0.385 e. The second kappa shape index (κ2) is 8.41. The molecule has 2 aliphatic rings. The minimum absolute atomic E-state index is 0.156. The van der Waals surface area contributed by atoms with Crippen molar-refractivity contribution in [1.29, 1.82) is 5.26 Å². The summed E-state index contributed by atoms with van der Waals surface area (Å²) in [4.78, 5) is 19.7. The van der Waals surface area contributed by atoms with Crippen molar-refractivity contribution in [2.45, 2.75) is 58.0 Å². The van der Waals surface area contributed by atoms with E-state index in [1.54, 1.807) is 0 Å². The van der Waals surface area contributed by atoms with Gasteiger partial charge in [0.05, 0.1) is 11.8 Å². The third kappa shape index (κ3) is 4.63. The van der Waals surface area contributed by atoms with Crippen LogP contribution in [0.4, 0.5) is 0 Å². The first-order chi connectivity index (χ1) is 14.8. The zero-order chi connectivity index (χ0) is 22.1. The van der Waals surface area contributed by atoms with E-state index in [1.807, 2.05) is 18.2 Å². The molecule has 0 spiro atoms. The summed E-state index contributed by atoms with van der Waals surface area (Å²) in [6.07, 6.45) is 8.00. The maximum absolute atomic E-state index is 12.8. The number of carbonyl (C=O) groups is 1. The SMILES string of the molecule is CC1(C)CC=C(c2cc(C3(O)CCOCC3)ccc2CC(=O)c2ncc(C#N)[nH]2)CC1. The van der Waals surface area contributed by atoms with E-state index in [4.69, 9.17) is 10.00 Å². The zero-order valence-corrected chi connectivity index (χ0v) is 18.2. The van der Waals surface area contributed by atoms with Crippen molar-refractivity contribution in [2.75, 3.05) is 13.2 Å². The number of nitrogens with zero attached hydrogens (tertiary/aromatic N) is 2. The Morgan fingerprint density at radius 3 is 2.71 bits per heavy atom. The Labute approximate surface area is 183 Å². The first kappa shape index (κ1) is 21.5. The predicted molar refractivity (Wildman–Crippen MR) is 117 cm³/mol. The number of benzene rings is 1. The Morgan fingerprint density at radius 1 is 1.29 bits per heavy atom. The fourth-order valence-corrected chi connectivity index (χ4v) is 4.41. The number of carbonyl (C=O) groups excluding carboxylic acids is 1. The van der Waals surface area contributed by atoms with Crippen molar-refractivity contribution in [3.05, 3.63) is 58.7 Å². The summed E-state index contributed by atoms with van der Waals surface area (Å²) < 4.78 is 5.44. The normalized spacial score (nSPS) is 20.0. The number of nitriles is 1. The minimum Gasteiger partial charge on any atom is -0.385 e. The summed E-state index contributed by atoms with van der Waals surface area (Å²) in [6.45, 7) is 5.64. The number of hydrogen-bond donors (Lipinski definition) is 2. The minimum atomic E-state index is -0.896. The maximum atomic E-state index is 12.8. The summed E-state index contributed by atoms with van der Waals surface area (Å²) in [6, 6.07) is 7.94. The van der Waals surface area contributed by atoms with Gasteiger partial charge < -0.3 is 14.8 Å². The van der Waals surface area contributed by atoms with Crippen molar-refractivity contribution in [1.82, 2.24) is 9.97 Å². The molecule has 162 valence electrons. The van der Waals surface area contributed by atoms with E-state index < -0.39 is 5.60 Å². The van der Waals surface area contributed by atoms with Crippen LogP contribution in [0.1, 0.15) is 79.0 Å². The van der Waals surface area contributed by atoms with Crippen LogP contribution in [0.5, 0.6) is 0 Å². The van der Waals surface area contributed by atoms with Crippen molar-refractivity contribution >= 4 is 11.4 Å². The van der Waals surface area contributed by atoms with Gasteiger partial charge in [0.1, 0.15) is 11.8 Å². The third-order valence-corrected chi connectivity index (χ3v) is 6.60. The van der Waals surface area contributed by atoms with Crippen molar-refractivity contribution < 1.29 is 14.6 Å². The molecule has 6 nitrogen and oxygen atoms in total. The lowest BCUT2D eigenvalue weighted by Crippen LogP contribution is -2.33. The molecule has 0 amide bonds. The van der Waals surface area contributed by atoms with Gasteiger partial charge in [0.15, 0.2) is 5.82 Å².